The van der Waals surface area contributed by atoms with Gasteiger partial charge < -0.3 is 4.90 Å². The van der Waals surface area contributed by atoms with Gasteiger partial charge in [0.2, 0.25) is 11.9 Å². The van der Waals surface area contributed by atoms with E-state index in [-0.39, 0.29) is 4.90 Å². The largest absolute Gasteiger partial charge is 0.417 e. The zero-order valence-electron chi connectivity index (χ0n) is 9.51. The van der Waals surface area contributed by atoms with Gasteiger partial charge in [0.1, 0.15) is 0 Å². The molecule has 1 saturated heterocycles. The SMILES string of the molecule is CC(=O)SC1CC(=O)N(C(C(F)(F)F)C(F)(F)F)C1. The predicted octanol–water partition coefficient (Wildman–Crippen LogP) is 2.36. The Morgan fingerprint density at radius 1 is 1.26 bits per heavy atom. The van der Waals surface area contributed by atoms with Gasteiger partial charge in [-0.1, -0.05) is 11.8 Å². The number of thioether (sulfide) groups is 1. The van der Waals surface area contributed by atoms with E-state index in [1.54, 1.807) is 0 Å². The molecule has 0 radical (unpaired) electrons. The quantitative estimate of drug-likeness (QED) is 0.735. The Hall–Kier alpha value is -0.930. The number of likely N-dealkylation sites (tertiary alicyclic amines) is 1. The number of hydrogen-bond donors (Lipinski definition) is 0. The standard InChI is InChI=1S/C9H9F6NO2S/c1-4(17)19-5-2-6(18)16(3-5)7(8(10,11)12)9(13,14)15/h5,7H,2-3H2,1H3. The minimum absolute atomic E-state index is 0.249. The molecular formula is C9H9F6NO2S. The molecule has 3 nitrogen and oxygen atoms in total. The normalized spacial score (nSPS) is 21.4. The van der Waals surface area contributed by atoms with Crippen molar-refractivity contribution in [1.82, 2.24) is 4.90 Å². The van der Waals surface area contributed by atoms with Gasteiger partial charge in [0, 0.05) is 25.1 Å². The molecule has 110 valence electrons. The second-order valence-electron chi connectivity index (χ2n) is 3.97. The molecule has 0 spiro atoms. The van der Waals surface area contributed by atoms with Crippen LogP contribution >= 0.6 is 11.8 Å². The second-order valence-corrected chi connectivity index (χ2v) is 5.44. The number of carbonyl (C=O) groups excluding carboxylic acids is 2. The first kappa shape index (κ1) is 16.1. The topological polar surface area (TPSA) is 37.4 Å². The van der Waals surface area contributed by atoms with Gasteiger partial charge in [0.15, 0.2) is 5.12 Å². The highest BCUT2D eigenvalue weighted by Gasteiger charge is 2.62. The highest BCUT2D eigenvalue weighted by Crippen LogP contribution is 2.40. The van der Waals surface area contributed by atoms with E-state index in [4.69, 9.17) is 0 Å². The average Bonchev–Trinajstić information content (AvgIpc) is 2.40. The zero-order valence-corrected chi connectivity index (χ0v) is 10.3. The van der Waals surface area contributed by atoms with Gasteiger partial charge in [-0.05, 0) is 0 Å². The third kappa shape index (κ3) is 4.02. The number of amides is 1. The van der Waals surface area contributed by atoms with E-state index >= 15 is 0 Å². The minimum Gasteiger partial charge on any atom is -0.322 e. The Kier molecular flexibility index (Phi) is 4.43. The number of carbonyl (C=O) groups is 2. The highest BCUT2D eigenvalue weighted by molar-refractivity contribution is 8.14. The van der Waals surface area contributed by atoms with Gasteiger partial charge >= 0.3 is 12.4 Å². The number of hydrogen-bond acceptors (Lipinski definition) is 3. The van der Waals surface area contributed by atoms with Crippen molar-refractivity contribution in [2.24, 2.45) is 0 Å². The van der Waals surface area contributed by atoms with E-state index in [1.807, 2.05) is 0 Å². The van der Waals surface area contributed by atoms with Crippen LogP contribution in [-0.2, 0) is 9.59 Å². The van der Waals surface area contributed by atoms with Crippen molar-refractivity contribution in [2.75, 3.05) is 6.54 Å². The maximum atomic E-state index is 12.4. The van der Waals surface area contributed by atoms with Crippen molar-refractivity contribution in [1.29, 1.82) is 0 Å². The molecule has 0 saturated carbocycles. The monoisotopic (exact) mass is 309 g/mol. The molecule has 1 amide bonds. The van der Waals surface area contributed by atoms with Crippen LogP contribution in [0.25, 0.3) is 0 Å². The Labute approximate surface area is 108 Å². The van der Waals surface area contributed by atoms with Crippen LogP contribution in [-0.4, -0.2) is 46.1 Å². The van der Waals surface area contributed by atoms with Crippen molar-refractivity contribution >= 4 is 22.8 Å². The fourth-order valence-corrected chi connectivity index (χ4v) is 2.73. The van der Waals surface area contributed by atoms with Crippen molar-refractivity contribution in [3.63, 3.8) is 0 Å². The summed E-state index contributed by atoms with van der Waals surface area (Å²) in [6, 6.07) is -3.81. The summed E-state index contributed by atoms with van der Waals surface area (Å²) in [5.74, 6) is -1.25. The molecule has 0 N–H and O–H groups in total. The van der Waals surface area contributed by atoms with E-state index in [0.29, 0.717) is 11.8 Å². The molecule has 1 aliphatic heterocycles. The van der Waals surface area contributed by atoms with Crippen LogP contribution in [0, 0.1) is 0 Å². The lowest BCUT2D eigenvalue weighted by Crippen LogP contribution is -2.55. The Balaban J connectivity index is 2.93. The molecule has 1 fully saturated rings. The van der Waals surface area contributed by atoms with Crippen molar-refractivity contribution in [3.8, 4) is 0 Å². The van der Waals surface area contributed by atoms with Crippen LogP contribution in [0.1, 0.15) is 13.3 Å². The van der Waals surface area contributed by atoms with E-state index in [9.17, 15) is 35.9 Å². The van der Waals surface area contributed by atoms with E-state index in [0.717, 1.165) is 6.92 Å². The van der Waals surface area contributed by atoms with E-state index in [1.165, 1.54) is 0 Å². The molecule has 0 bridgehead atoms. The second kappa shape index (κ2) is 5.22. The van der Waals surface area contributed by atoms with Crippen LogP contribution in [0.15, 0.2) is 0 Å². The molecule has 1 rings (SSSR count). The van der Waals surface area contributed by atoms with Crippen molar-refractivity contribution in [3.05, 3.63) is 0 Å². The fourth-order valence-electron chi connectivity index (χ4n) is 1.80. The van der Waals surface area contributed by atoms with Crippen LogP contribution in [0.5, 0.6) is 0 Å². The lowest BCUT2D eigenvalue weighted by atomic mass is 10.2. The van der Waals surface area contributed by atoms with E-state index in [2.05, 4.69) is 0 Å². The zero-order chi connectivity index (χ0) is 15.0. The summed E-state index contributed by atoms with van der Waals surface area (Å²) in [7, 11) is 0. The summed E-state index contributed by atoms with van der Waals surface area (Å²) in [4.78, 5) is 21.8. The van der Waals surface area contributed by atoms with Gasteiger partial charge in [-0.15, -0.1) is 0 Å². The van der Waals surface area contributed by atoms with Crippen molar-refractivity contribution < 1.29 is 35.9 Å². The molecule has 1 aliphatic rings. The molecule has 0 aromatic rings. The van der Waals surface area contributed by atoms with E-state index < -0.39 is 47.6 Å². The third-order valence-electron chi connectivity index (χ3n) is 2.39. The van der Waals surface area contributed by atoms with Crippen LogP contribution < -0.4 is 0 Å². The van der Waals surface area contributed by atoms with Gasteiger partial charge in [-0.2, -0.15) is 26.3 Å². The van der Waals surface area contributed by atoms with Gasteiger partial charge in [0.25, 0.3) is 0 Å². The Morgan fingerprint density at radius 2 is 1.74 bits per heavy atom. The third-order valence-corrected chi connectivity index (χ3v) is 3.37. The first-order valence-electron chi connectivity index (χ1n) is 5.03. The summed E-state index contributed by atoms with van der Waals surface area (Å²) in [6.45, 7) is 0.384. The fraction of sp³-hybridized carbons (Fsp3) is 0.778. The van der Waals surface area contributed by atoms with Gasteiger partial charge in [-0.3, -0.25) is 9.59 Å². The lowest BCUT2D eigenvalue weighted by Gasteiger charge is -2.31. The molecule has 0 aromatic heterocycles. The number of rotatable bonds is 2. The smallest absolute Gasteiger partial charge is 0.322 e. The molecule has 10 heteroatoms. The first-order valence-corrected chi connectivity index (χ1v) is 5.91. The average molecular weight is 309 g/mol. The maximum Gasteiger partial charge on any atom is 0.417 e. The Morgan fingerprint density at radius 3 is 2.11 bits per heavy atom. The van der Waals surface area contributed by atoms with Crippen molar-refractivity contribution in [2.45, 2.75) is 37.0 Å². The maximum absolute atomic E-state index is 12.4. The van der Waals surface area contributed by atoms with Crippen LogP contribution in [0.3, 0.4) is 0 Å². The number of alkyl halides is 6. The van der Waals surface area contributed by atoms with Gasteiger partial charge in [0.05, 0.1) is 0 Å². The van der Waals surface area contributed by atoms with Crippen LogP contribution in [0.4, 0.5) is 26.3 Å². The van der Waals surface area contributed by atoms with Gasteiger partial charge in [-0.25, -0.2) is 0 Å². The highest BCUT2D eigenvalue weighted by atomic mass is 32.2. The Bertz CT molecular complexity index is 366. The summed E-state index contributed by atoms with van der Waals surface area (Å²) in [6.07, 6.45) is -11.7. The summed E-state index contributed by atoms with van der Waals surface area (Å²) in [5.41, 5.74) is 0. The lowest BCUT2D eigenvalue weighted by molar-refractivity contribution is -0.282. The number of halogens is 6. The molecule has 1 heterocycles. The molecule has 0 aromatic carbocycles. The molecule has 1 atom stereocenters. The number of nitrogens with zero attached hydrogens (tertiary/aromatic N) is 1. The first-order chi connectivity index (χ1) is 8.43. The predicted molar refractivity (Wildman–Crippen MR) is 54.3 cm³/mol. The molecule has 19 heavy (non-hydrogen) atoms. The summed E-state index contributed by atoms with van der Waals surface area (Å²) >= 11 is 0.572. The molecular weight excluding hydrogens is 300 g/mol. The minimum atomic E-state index is -5.59. The van der Waals surface area contributed by atoms with Crippen LogP contribution in [0.2, 0.25) is 0 Å². The molecule has 0 aliphatic carbocycles. The summed E-state index contributed by atoms with van der Waals surface area (Å²) < 4.78 is 74.7. The molecule has 1 unspecified atom stereocenters. The summed E-state index contributed by atoms with van der Waals surface area (Å²) in [5, 5.41) is -1.34.